The third-order valence-electron chi connectivity index (χ3n) is 3.93. The van der Waals surface area contributed by atoms with Gasteiger partial charge in [-0.05, 0) is 45.0 Å². The van der Waals surface area contributed by atoms with Crippen LogP contribution < -0.4 is 10.1 Å². The summed E-state index contributed by atoms with van der Waals surface area (Å²) in [4.78, 5) is 4.25. The van der Waals surface area contributed by atoms with Gasteiger partial charge in [-0.25, -0.2) is 4.98 Å². The van der Waals surface area contributed by atoms with Crippen LogP contribution in [-0.4, -0.2) is 16.6 Å². The Morgan fingerprint density at radius 3 is 3.00 bits per heavy atom. The molecule has 1 unspecified atom stereocenters. The lowest BCUT2D eigenvalue weighted by Crippen LogP contribution is -2.14. The van der Waals surface area contributed by atoms with E-state index >= 15 is 0 Å². The Labute approximate surface area is 133 Å². The molecule has 21 heavy (non-hydrogen) atoms. The number of rotatable bonds is 6. The maximum absolute atomic E-state index is 6.06. The minimum atomic E-state index is 0.242. The summed E-state index contributed by atoms with van der Waals surface area (Å²) in [6, 6.07) is 7.01. The predicted octanol–water partition coefficient (Wildman–Crippen LogP) is 3.84. The molecule has 4 nitrogen and oxygen atoms in total. The molecule has 3 rings (SSSR count). The molecule has 1 N–H and O–H groups in total. The maximum atomic E-state index is 6.06. The van der Waals surface area contributed by atoms with Crippen molar-refractivity contribution in [2.45, 2.75) is 38.5 Å². The summed E-state index contributed by atoms with van der Waals surface area (Å²) in [5.41, 5.74) is 2.30. The third-order valence-corrected chi connectivity index (χ3v) is 4.43. The molecule has 0 radical (unpaired) electrons. The lowest BCUT2D eigenvalue weighted by atomic mass is 10.1. The van der Waals surface area contributed by atoms with Crippen molar-refractivity contribution in [2.24, 2.45) is 0 Å². The zero-order valence-corrected chi connectivity index (χ0v) is 13.9. The van der Waals surface area contributed by atoms with Gasteiger partial charge in [-0.1, -0.05) is 15.9 Å². The fourth-order valence-corrected chi connectivity index (χ4v) is 2.80. The number of halogens is 1. The van der Waals surface area contributed by atoms with Crippen LogP contribution in [0.15, 0.2) is 35.2 Å². The number of hydrogen-bond donors (Lipinski definition) is 1. The van der Waals surface area contributed by atoms with Crippen LogP contribution in [0.2, 0.25) is 0 Å². The van der Waals surface area contributed by atoms with Crippen LogP contribution in [0.3, 0.4) is 0 Å². The molecule has 112 valence electrons. The van der Waals surface area contributed by atoms with Gasteiger partial charge < -0.3 is 14.6 Å². The fraction of sp³-hybridized carbons (Fsp3) is 0.438. The van der Waals surface area contributed by atoms with Gasteiger partial charge >= 0.3 is 0 Å². The molecule has 1 atom stereocenters. The molecular weight excluding hydrogens is 330 g/mol. The average molecular weight is 350 g/mol. The normalized spacial score (nSPS) is 16.0. The first kappa shape index (κ1) is 14.6. The summed E-state index contributed by atoms with van der Waals surface area (Å²) >= 11 is 3.53. The molecule has 1 fully saturated rings. The number of ether oxygens (including phenoxy) is 1. The highest BCUT2D eigenvalue weighted by Gasteiger charge is 2.25. The molecule has 0 aliphatic heterocycles. The van der Waals surface area contributed by atoms with Crippen molar-refractivity contribution in [3.63, 3.8) is 0 Å². The molecule has 0 bridgehead atoms. The molecule has 2 aromatic rings. The van der Waals surface area contributed by atoms with E-state index in [1.54, 1.807) is 0 Å². The van der Waals surface area contributed by atoms with Gasteiger partial charge in [0.1, 0.15) is 12.4 Å². The van der Waals surface area contributed by atoms with Gasteiger partial charge in [0.2, 0.25) is 0 Å². The second kappa shape index (κ2) is 6.20. The lowest BCUT2D eigenvalue weighted by molar-refractivity contribution is 0.289. The smallest absolute Gasteiger partial charge is 0.130 e. The van der Waals surface area contributed by atoms with Crippen molar-refractivity contribution in [3.8, 4) is 5.75 Å². The van der Waals surface area contributed by atoms with E-state index in [-0.39, 0.29) is 6.04 Å². The molecule has 0 amide bonds. The molecule has 0 saturated heterocycles. The van der Waals surface area contributed by atoms with Gasteiger partial charge in [0.15, 0.2) is 0 Å². The zero-order chi connectivity index (χ0) is 14.8. The standard InChI is InChI=1S/C16H20BrN3O/c1-11(18-2)15-7-12(17)3-6-16(15)21-9-14-8-19-10-20(14)13-4-5-13/h3,6-8,10-11,13,18H,4-5,9H2,1-2H3. The monoisotopic (exact) mass is 349 g/mol. The Balaban J connectivity index is 1.76. The van der Waals surface area contributed by atoms with Gasteiger partial charge in [-0.2, -0.15) is 0 Å². The van der Waals surface area contributed by atoms with Crippen LogP contribution in [0.5, 0.6) is 5.75 Å². The topological polar surface area (TPSA) is 39.1 Å². The van der Waals surface area contributed by atoms with E-state index < -0.39 is 0 Å². The zero-order valence-electron chi connectivity index (χ0n) is 12.3. The number of nitrogens with one attached hydrogen (secondary N) is 1. The third kappa shape index (κ3) is 3.30. The molecule has 1 saturated carbocycles. The van der Waals surface area contributed by atoms with E-state index in [4.69, 9.17) is 4.74 Å². The number of aromatic nitrogens is 2. The van der Waals surface area contributed by atoms with E-state index in [1.807, 2.05) is 31.7 Å². The van der Waals surface area contributed by atoms with Gasteiger partial charge in [-0.15, -0.1) is 0 Å². The SMILES string of the molecule is CNC(C)c1cc(Br)ccc1OCc1cncn1C1CC1. The highest BCUT2D eigenvalue weighted by molar-refractivity contribution is 9.10. The molecule has 1 aromatic heterocycles. The van der Waals surface area contributed by atoms with E-state index in [0.717, 1.165) is 21.5 Å². The Bertz CT molecular complexity index is 622. The van der Waals surface area contributed by atoms with Gasteiger partial charge in [0.05, 0.1) is 18.2 Å². The summed E-state index contributed by atoms with van der Waals surface area (Å²) in [5.74, 6) is 0.920. The van der Waals surface area contributed by atoms with E-state index in [0.29, 0.717) is 12.6 Å². The second-order valence-electron chi connectivity index (χ2n) is 5.50. The number of benzene rings is 1. The van der Waals surface area contributed by atoms with Crippen LogP contribution in [0.25, 0.3) is 0 Å². The van der Waals surface area contributed by atoms with E-state index in [9.17, 15) is 0 Å². The van der Waals surface area contributed by atoms with Crippen molar-refractivity contribution in [1.82, 2.24) is 14.9 Å². The molecule has 1 aliphatic rings. The summed E-state index contributed by atoms with van der Waals surface area (Å²) in [6.45, 7) is 2.69. The summed E-state index contributed by atoms with van der Waals surface area (Å²) < 4.78 is 9.36. The minimum absolute atomic E-state index is 0.242. The van der Waals surface area contributed by atoms with Gasteiger partial charge in [-0.3, -0.25) is 0 Å². The Hall–Kier alpha value is -1.33. The van der Waals surface area contributed by atoms with Crippen molar-refractivity contribution in [2.75, 3.05) is 7.05 Å². The van der Waals surface area contributed by atoms with Gasteiger partial charge in [0, 0.05) is 22.1 Å². The molecule has 1 aromatic carbocycles. The fourth-order valence-electron chi connectivity index (χ4n) is 2.42. The highest BCUT2D eigenvalue weighted by atomic mass is 79.9. The number of imidazole rings is 1. The van der Waals surface area contributed by atoms with E-state index in [1.165, 1.54) is 12.8 Å². The number of hydrogen-bond acceptors (Lipinski definition) is 3. The first-order valence-electron chi connectivity index (χ1n) is 7.29. The van der Waals surface area contributed by atoms with Crippen molar-refractivity contribution >= 4 is 15.9 Å². The first-order valence-corrected chi connectivity index (χ1v) is 8.08. The minimum Gasteiger partial charge on any atom is -0.487 e. The van der Waals surface area contributed by atoms with Crippen LogP contribution in [0.4, 0.5) is 0 Å². The highest BCUT2D eigenvalue weighted by Crippen LogP contribution is 2.36. The predicted molar refractivity (Wildman–Crippen MR) is 86.4 cm³/mol. The maximum Gasteiger partial charge on any atom is 0.130 e. The Kier molecular flexibility index (Phi) is 4.31. The van der Waals surface area contributed by atoms with Crippen molar-refractivity contribution < 1.29 is 4.74 Å². The summed E-state index contributed by atoms with van der Waals surface area (Å²) in [7, 11) is 1.96. The lowest BCUT2D eigenvalue weighted by Gasteiger charge is -2.17. The average Bonchev–Trinajstić information content (AvgIpc) is 3.24. The Morgan fingerprint density at radius 2 is 2.29 bits per heavy atom. The van der Waals surface area contributed by atoms with Crippen molar-refractivity contribution in [3.05, 3.63) is 46.5 Å². The molecule has 0 spiro atoms. The molecular formula is C16H20BrN3O. The molecule has 5 heteroatoms. The molecule has 1 heterocycles. The number of nitrogens with zero attached hydrogens (tertiary/aromatic N) is 2. The Morgan fingerprint density at radius 1 is 1.48 bits per heavy atom. The van der Waals surface area contributed by atoms with Crippen molar-refractivity contribution in [1.29, 1.82) is 0 Å². The largest absolute Gasteiger partial charge is 0.487 e. The van der Waals surface area contributed by atoms with E-state index in [2.05, 4.69) is 43.8 Å². The van der Waals surface area contributed by atoms with Crippen LogP contribution in [0, 0.1) is 0 Å². The molecule has 1 aliphatic carbocycles. The van der Waals surface area contributed by atoms with Crippen LogP contribution in [-0.2, 0) is 6.61 Å². The second-order valence-corrected chi connectivity index (χ2v) is 6.42. The van der Waals surface area contributed by atoms with Gasteiger partial charge in [0.25, 0.3) is 0 Å². The van der Waals surface area contributed by atoms with Crippen LogP contribution >= 0.6 is 15.9 Å². The summed E-state index contributed by atoms with van der Waals surface area (Å²) in [6.07, 6.45) is 6.32. The van der Waals surface area contributed by atoms with Crippen LogP contribution in [0.1, 0.15) is 43.1 Å². The quantitative estimate of drug-likeness (QED) is 0.860. The summed E-state index contributed by atoms with van der Waals surface area (Å²) in [5, 5.41) is 3.26. The first-order chi connectivity index (χ1) is 10.2.